The molecule has 0 aliphatic carbocycles. The fourth-order valence-corrected chi connectivity index (χ4v) is 1.92. The molecule has 0 bridgehead atoms. The van der Waals surface area contributed by atoms with Crippen LogP contribution in [0.3, 0.4) is 0 Å². The summed E-state index contributed by atoms with van der Waals surface area (Å²) in [7, 11) is 0. The van der Waals surface area contributed by atoms with Crippen molar-refractivity contribution in [3.63, 3.8) is 0 Å². The van der Waals surface area contributed by atoms with Crippen LogP contribution < -0.4 is 4.74 Å². The van der Waals surface area contributed by atoms with Crippen LogP contribution in [0.5, 0.6) is 5.75 Å². The van der Waals surface area contributed by atoms with E-state index in [2.05, 4.69) is 15.9 Å². The van der Waals surface area contributed by atoms with Crippen LogP contribution in [0.1, 0.15) is 16.1 Å². The predicted molar refractivity (Wildman–Crippen MR) is 70.8 cm³/mol. The maximum atomic E-state index is 10.7. The highest BCUT2D eigenvalue weighted by Gasteiger charge is 2.11. The number of nitro groups is 1. The highest BCUT2D eigenvalue weighted by Crippen LogP contribution is 2.26. The quantitative estimate of drug-likeness (QED) is 0.661. The Labute approximate surface area is 121 Å². The van der Waals surface area contributed by atoms with Gasteiger partial charge in [0.25, 0.3) is 5.69 Å². The van der Waals surface area contributed by atoms with Crippen LogP contribution >= 0.6 is 15.9 Å². The van der Waals surface area contributed by atoms with Gasteiger partial charge in [0.2, 0.25) is 0 Å². The van der Waals surface area contributed by atoms with Crippen molar-refractivity contribution in [3.05, 3.63) is 56.4 Å². The number of aromatic carboxylic acids is 1. The van der Waals surface area contributed by atoms with Crippen molar-refractivity contribution in [3.8, 4) is 5.75 Å². The van der Waals surface area contributed by atoms with Gasteiger partial charge in [-0.25, -0.2) is 4.79 Å². The van der Waals surface area contributed by atoms with Crippen LogP contribution in [-0.2, 0) is 6.61 Å². The van der Waals surface area contributed by atoms with E-state index in [-0.39, 0.29) is 23.6 Å². The van der Waals surface area contributed by atoms with Gasteiger partial charge in [0, 0.05) is 10.5 Å². The van der Waals surface area contributed by atoms with Gasteiger partial charge in [0.1, 0.15) is 24.4 Å². The third kappa shape index (κ3) is 3.35. The predicted octanol–water partition coefficient (Wildman–Crippen LogP) is 3.23. The van der Waals surface area contributed by atoms with Crippen molar-refractivity contribution in [2.24, 2.45) is 0 Å². The maximum Gasteiger partial charge on any atom is 0.338 e. The molecule has 2 aromatic rings. The first-order valence-corrected chi connectivity index (χ1v) is 6.13. The van der Waals surface area contributed by atoms with Gasteiger partial charge in [0.15, 0.2) is 0 Å². The number of benzene rings is 1. The Hall–Kier alpha value is -2.35. The summed E-state index contributed by atoms with van der Waals surface area (Å²) in [5.41, 5.74) is -0.0936. The molecule has 0 radical (unpaired) electrons. The van der Waals surface area contributed by atoms with Crippen LogP contribution in [0.15, 0.2) is 39.4 Å². The number of non-ortho nitro benzene ring substituents is 1. The van der Waals surface area contributed by atoms with Gasteiger partial charge >= 0.3 is 5.97 Å². The zero-order valence-electron chi connectivity index (χ0n) is 9.91. The molecule has 0 unspecified atom stereocenters. The minimum Gasteiger partial charge on any atom is -0.485 e. The molecule has 1 aromatic carbocycles. The SMILES string of the molecule is O=C(O)c1coc(COc2cc(Br)cc([N+](=O)[O-])c2)c1. The summed E-state index contributed by atoms with van der Waals surface area (Å²) in [6, 6.07) is 5.51. The van der Waals surface area contributed by atoms with E-state index in [1.807, 2.05) is 0 Å². The molecule has 20 heavy (non-hydrogen) atoms. The smallest absolute Gasteiger partial charge is 0.338 e. The molecule has 0 aliphatic heterocycles. The van der Waals surface area contributed by atoms with Gasteiger partial charge in [0.05, 0.1) is 16.6 Å². The molecule has 1 aromatic heterocycles. The van der Waals surface area contributed by atoms with E-state index < -0.39 is 10.9 Å². The number of carbonyl (C=O) groups is 1. The Morgan fingerprint density at radius 3 is 2.75 bits per heavy atom. The van der Waals surface area contributed by atoms with Crippen LogP contribution in [0.25, 0.3) is 0 Å². The van der Waals surface area contributed by atoms with Crippen LogP contribution in [-0.4, -0.2) is 16.0 Å². The normalized spacial score (nSPS) is 10.2. The summed E-state index contributed by atoms with van der Waals surface area (Å²) in [4.78, 5) is 20.8. The van der Waals surface area contributed by atoms with E-state index in [0.717, 1.165) is 6.26 Å². The highest BCUT2D eigenvalue weighted by molar-refractivity contribution is 9.10. The van der Waals surface area contributed by atoms with Crippen molar-refractivity contribution in [2.75, 3.05) is 0 Å². The van der Waals surface area contributed by atoms with Crippen LogP contribution in [0, 0.1) is 10.1 Å². The summed E-state index contributed by atoms with van der Waals surface area (Å²) in [5, 5.41) is 19.4. The summed E-state index contributed by atoms with van der Waals surface area (Å²) in [6.07, 6.45) is 1.10. The largest absolute Gasteiger partial charge is 0.485 e. The standard InChI is InChI=1S/C12H8BrNO6/c13-8-2-9(14(17)18)4-10(3-8)20-6-11-1-7(5-19-11)12(15)16/h1-5H,6H2,(H,15,16). The van der Waals surface area contributed by atoms with E-state index in [1.54, 1.807) is 6.07 Å². The maximum absolute atomic E-state index is 10.7. The number of ether oxygens (including phenoxy) is 1. The molecule has 104 valence electrons. The van der Waals surface area contributed by atoms with Gasteiger partial charge in [-0.3, -0.25) is 10.1 Å². The zero-order chi connectivity index (χ0) is 14.7. The molecule has 0 saturated carbocycles. The Balaban J connectivity index is 2.10. The van der Waals surface area contributed by atoms with E-state index in [1.165, 1.54) is 18.2 Å². The summed E-state index contributed by atoms with van der Waals surface area (Å²) < 4.78 is 10.8. The number of hydrogen-bond donors (Lipinski definition) is 1. The second kappa shape index (κ2) is 5.74. The lowest BCUT2D eigenvalue weighted by Crippen LogP contribution is -1.96. The number of nitro benzene ring substituents is 1. The average molecular weight is 342 g/mol. The van der Waals surface area contributed by atoms with Gasteiger partial charge in [-0.15, -0.1) is 0 Å². The molecular formula is C12H8BrNO6. The third-order valence-electron chi connectivity index (χ3n) is 2.35. The second-order valence-corrected chi connectivity index (χ2v) is 4.71. The summed E-state index contributed by atoms with van der Waals surface area (Å²) in [6.45, 7) is -0.0269. The number of carboxylic acid groups (broad SMARTS) is 1. The number of hydrogen-bond acceptors (Lipinski definition) is 5. The molecule has 1 N–H and O–H groups in total. The van der Waals surface area contributed by atoms with Crippen LogP contribution in [0.4, 0.5) is 5.69 Å². The van der Waals surface area contributed by atoms with E-state index in [0.29, 0.717) is 10.2 Å². The lowest BCUT2D eigenvalue weighted by Gasteiger charge is -2.04. The van der Waals surface area contributed by atoms with Crippen molar-refractivity contribution in [2.45, 2.75) is 6.61 Å². The molecule has 0 fully saturated rings. The molecule has 0 amide bonds. The Kier molecular flexibility index (Phi) is 4.04. The Bertz CT molecular complexity index is 666. The summed E-state index contributed by atoms with van der Waals surface area (Å²) >= 11 is 3.15. The minimum absolute atomic E-state index is 0.0174. The number of rotatable bonds is 5. The molecule has 1 heterocycles. The number of carboxylic acids is 1. The molecule has 0 aliphatic rings. The van der Waals surface area contributed by atoms with E-state index >= 15 is 0 Å². The summed E-state index contributed by atoms with van der Waals surface area (Å²) in [5.74, 6) is -0.512. The topological polar surface area (TPSA) is 103 Å². The third-order valence-corrected chi connectivity index (χ3v) is 2.81. The minimum atomic E-state index is -1.10. The molecule has 0 atom stereocenters. The number of halogens is 1. The van der Waals surface area contributed by atoms with E-state index in [4.69, 9.17) is 14.3 Å². The fourth-order valence-electron chi connectivity index (χ4n) is 1.46. The number of furan rings is 1. The molecule has 0 spiro atoms. The van der Waals surface area contributed by atoms with Crippen molar-refractivity contribution in [1.82, 2.24) is 0 Å². The lowest BCUT2D eigenvalue weighted by atomic mass is 10.3. The Morgan fingerprint density at radius 2 is 2.15 bits per heavy atom. The fraction of sp³-hybridized carbons (Fsp3) is 0.0833. The van der Waals surface area contributed by atoms with Crippen molar-refractivity contribution in [1.29, 1.82) is 0 Å². The Morgan fingerprint density at radius 1 is 1.40 bits per heavy atom. The monoisotopic (exact) mass is 341 g/mol. The molecule has 8 heteroatoms. The lowest BCUT2D eigenvalue weighted by molar-refractivity contribution is -0.385. The first kappa shape index (κ1) is 14.1. The number of nitrogens with zero attached hydrogens (tertiary/aromatic N) is 1. The first-order valence-electron chi connectivity index (χ1n) is 5.34. The zero-order valence-corrected chi connectivity index (χ0v) is 11.5. The molecule has 2 rings (SSSR count). The van der Waals surface area contributed by atoms with Gasteiger partial charge in [-0.1, -0.05) is 15.9 Å². The van der Waals surface area contributed by atoms with E-state index in [9.17, 15) is 14.9 Å². The molecule has 7 nitrogen and oxygen atoms in total. The van der Waals surface area contributed by atoms with Crippen molar-refractivity contribution < 1.29 is 24.0 Å². The van der Waals surface area contributed by atoms with Crippen LogP contribution in [0.2, 0.25) is 0 Å². The highest BCUT2D eigenvalue weighted by atomic mass is 79.9. The molecular weight excluding hydrogens is 334 g/mol. The first-order chi connectivity index (χ1) is 9.45. The van der Waals surface area contributed by atoms with Gasteiger partial charge < -0.3 is 14.3 Å². The van der Waals surface area contributed by atoms with Gasteiger partial charge in [-0.2, -0.15) is 0 Å². The second-order valence-electron chi connectivity index (χ2n) is 3.80. The average Bonchev–Trinajstić information content (AvgIpc) is 2.84. The molecule has 0 saturated heterocycles. The van der Waals surface area contributed by atoms with Crippen molar-refractivity contribution >= 4 is 27.6 Å². The van der Waals surface area contributed by atoms with Gasteiger partial charge in [-0.05, 0) is 12.1 Å².